The topological polar surface area (TPSA) is 114 Å². The molecule has 1 N–H and O–H groups in total. The molecule has 0 heterocycles. The molecule has 0 aromatic rings. The van der Waals surface area contributed by atoms with Gasteiger partial charge in [-0.25, -0.2) is 0 Å². The van der Waals surface area contributed by atoms with Gasteiger partial charge in [0.05, 0.1) is 33.8 Å². The Bertz CT molecular complexity index is 1770. The second-order valence-corrected chi connectivity index (χ2v) is 23.6. The summed E-state index contributed by atoms with van der Waals surface area (Å²) in [6.07, 6.45) is 80.3. The van der Waals surface area contributed by atoms with Gasteiger partial charge in [0.1, 0.15) is 19.3 Å². The van der Waals surface area contributed by atoms with Crippen molar-refractivity contribution in [1.29, 1.82) is 0 Å². The molecule has 0 aliphatic rings. The standard InChI is InChI=1S/C69H119N2O7P/c1-7-10-13-16-19-22-25-28-30-31-32-33-34-35-36-37-38-39-40-41-42-43-46-49-52-55-58-61-68(72)70-66(65-77-79(74,75)76-64-63-71(4,5)6)67(60-57-54-51-48-45-27-24-21-18-15-12-9-3)78-69(73)62-59-56-53-50-47-44-29-26-23-20-17-14-11-8-2/h10-11,13-14,19-20,22-23,28-30,32-33,35-36,38-39,44,57,60,66-67H,7-9,12,15-18,21,24-27,31,34,37,40-43,45-56,58-59,61-65H2,1-6H3,(H-,70,72,74,75)/b13-10-,14-11+,22-19-,23-20+,30-28-,33-32-,36-35-,39-38-,44-29+,60-57-. The summed E-state index contributed by atoms with van der Waals surface area (Å²) >= 11 is 0. The van der Waals surface area contributed by atoms with Gasteiger partial charge < -0.3 is 28.5 Å². The lowest BCUT2D eigenvalue weighted by molar-refractivity contribution is -0.870. The minimum Gasteiger partial charge on any atom is -0.756 e. The minimum absolute atomic E-state index is 0.0341. The minimum atomic E-state index is -4.71. The van der Waals surface area contributed by atoms with Gasteiger partial charge in [0.2, 0.25) is 5.91 Å². The number of nitrogens with one attached hydrogen (secondary N) is 1. The number of likely N-dealkylation sites (N-methyl/N-ethyl adjacent to an activating group) is 1. The third-order valence-corrected chi connectivity index (χ3v) is 14.4. The van der Waals surface area contributed by atoms with Crippen molar-refractivity contribution in [2.45, 2.75) is 264 Å². The zero-order chi connectivity index (χ0) is 57.9. The van der Waals surface area contributed by atoms with Gasteiger partial charge in [-0.1, -0.05) is 245 Å². The summed E-state index contributed by atoms with van der Waals surface area (Å²) in [5, 5.41) is 3.02. The number of allylic oxidation sites excluding steroid dienone is 19. The number of rotatable bonds is 56. The second-order valence-electron chi connectivity index (χ2n) is 22.1. The summed E-state index contributed by atoms with van der Waals surface area (Å²) in [6.45, 7) is 6.58. The first-order chi connectivity index (χ1) is 38.4. The highest BCUT2D eigenvalue weighted by Crippen LogP contribution is 2.38. The van der Waals surface area contributed by atoms with Crippen LogP contribution in [0.25, 0.3) is 0 Å². The van der Waals surface area contributed by atoms with Gasteiger partial charge in [-0.15, -0.1) is 0 Å². The molecule has 0 saturated carbocycles. The van der Waals surface area contributed by atoms with Crippen molar-refractivity contribution >= 4 is 19.7 Å². The molecular weight excluding hydrogens is 1000 g/mol. The Morgan fingerprint density at radius 1 is 0.456 bits per heavy atom. The van der Waals surface area contributed by atoms with Crippen molar-refractivity contribution < 1.29 is 37.3 Å². The first-order valence-corrected chi connectivity index (χ1v) is 33.3. The van der Waals surface area contributed by atoms with Crippen LogP contribution >= 0.6 is 7.82 Å². The Morgan fingerprint density at radius 3 is 1.22 bits per heavy atom. The van der Waals surface area contributed by atoms with E-state index < -0.39 is 26.6 Å². The van der Waals surface area contributed by atoms with E-state index in [2.05, 4.69) is 135 Å². The third kappa shape index (κ3) is 58.9. The summed E-state index contributed by atoms with van der Waals surface area (Å²) in [6, 6.07) is -0.910. The normalized spacial score (nSPS) is 14.5. The van der Waals surface area contributed by atoms with E-state index in [-0.39, 0.29) is 24.9 Å². The van der Waals surface area contributed by atoms with Crippen LogP contribution in [0.15, 0.2) is 122 Å². The molecule has 0 spiro atoms. The lowest BCUT2D eigenvalue weighted by Crippen LogP contribution is -2.47. The van der Waals surface area contributed by atoms with E-state index in [0.717, 1.165) is 135 Å². The molecule has 0 aliphatic carbocycles. The number of phosphoric ester groups is 1. The van der Waals surface area contributed by atoms with Crippen LogP contribution in [-0.2, 0) is 27.9 Å². The van der Waals surface area contributed by atoms with Crippen molar-refractivity contribution in [2.75, 3.05) is 40.9 Å². The monoisotopic (exact) mass is 1120 g/mol. The molecule has 0 aromatic heterocycles. The molecule has 10 heteroatoms. The molecular formula is C69H119N2O7P. The average Bonchev–Trinajstić information content (AvgIpc) is 3.41. The van der Waals surface area contributed by atoms with Crippen molar-refractivity contribution in [2.24, 2.45) is 0 Å². The van der Waals surface area contributed by atoms with E-state index in [9.17, 15) is 19.0 Å². The molecule has 1 amide bonds. The van der Waals surface area contributed by atoms with E-state index in [1.54, 1.807) is 0 Å². The highest BCUT2D eigenvalue weighted by Gasteiger charge is 2.27. The van der Waals surface area contributed by atoms with Crippen LogP contribution in [0.3, 0.4) is 0 Å². The number of ether oxygens (including phenoxy) is 1. The summed E-state index contributed by atoms with van der Waals surface area (Å²) in [5.41, 5.74) is 0. The number of unbranched alkanes of at least 4 members (excludes halogenated alkanes) is 22. The molecule has 0 radical (unpaired) electrons. The van der Waals surface area contributed by atoms with Gasteiger partial charge in [0.15, 0.2) is 0 Å². The van der Waals surface area contributed by atoms with Crippen LogP contribution in [0.4, 0.5) is 0 Å². The second kappa shape index (κ2) is 57.6. The molecule has 79 heavy (non-hydrogen) atoms. The summed E-state index contributed by atoms with van der Waals surface area (Å²) in [7, 11) is 1.15. The maximum Gasteiger partial charge on any atom is 0.306 e. The van der Waals surface area contributed by atoms with Gasteiger partial charge >= 0.3 is 5.97 Å². The van der Waals surface area contributed by atoms with Crippen LogP contribution < -0.4 is 10.2 Å². The Hall–Kier alpha value is -3.59. The predicted molar refractivity (Wildman–Crippen MR) is 339 cm³/mol. The molecule has 452 valence electrons. The number of esters is 1. The molecule has 0 bridgehead atoms. The zero-order valence-corrected chi connectivity index (χ0v) is 52.4. The molecule has 0 aliphatic heterocycles. The van der Waals surface area contributed by atoms with Gasteiger partial charge in [-0.05, 0) is 115 Å². The van der Waals surface area contributed by atoms with Crippen LogP contribution in [0.2, 0.25) is 0 Å². The Kier molecular flexibility index (Phi) is 55.0. The number of carbonyl (C=O) groups is 2. The predicted octanol–water partition coefficient (Wildman–Crippen LogP) is 19.3. The smallest absolute Gasteiger partial charge is 0.306 e. The number of hydrogen-bond acceptors (Lipinski definition) is 7. The molecule has 0 rings (SSSR count). The Balaban J connectivity index is 5.16. The number of nitrogens with zero attached hydrogens (tertiary/aromatic N) is 1. The fraction of sp³-hybridized carbons (Fsp3) is 0.681. The summed E-state index contributed by atoms with van der Waals surface area (Å²) in [5.74, 6) is -0.584. The number of carbonyl (C=O) groups excluding carboxylic acids is 2. The molecule has 0 aromatic carbocycles. The van der Waals surface area contributed by atoms with Crippen LogP contribution in [0.5, 0.6) is 0 Å². The van der Waals surface area contributed by atoms with E-state index >= 15 is 0 Å². The lowest BCUT2D eigenvalue weighted by Gasteiger charge is -2.30. The number of quaternary nitrogens is 1. The van der Waals surface area contributed by atoms with Crippen molar-refractivity contribution in [3.63, 3.8) is 0 Å². The fourth-order valence-corrected chi connectivity index (χ4v) is 9.26. The largest absolute Gasteiger partial charge is 0.756 e. The average molecular weight is 1120 g/mol. The fourth-order valence-electron chi connectivity index (χ4n) is 8.54. The highest BCUT2D eigenvalue weighted by atomic mass is 31.2. The van der Waals surface area contributed by atoms with Crippen LogP contribution in [-0.4, -0.2) is 69.4 Å². The molecule has 9 nitrogen and oxygen atoms in total. The summed E-state index contributed by atoms with van der Waals surface area (Å²) < 4.78 is 30.3. The van der Waals surface area contributed by atoms with Crippen molar-refractivity contribution in [3.8, 4) is 0 Å². The van der Waals surface area contributed by atoms with Gasteiger partial charge in [0, 0.05) is 12.8 Å². The van der Waals surface area contributed by atoms with E-state index in [1.165, 1.54) is 77.0 Å². The SMILES string of the molecule is CC/C=C\C/C=C\C/C=C\C/C=C\C/C=C\C/C=C\CCCCCCCCCCC(=O)NC(COP(=O)([O-])OCC[N+](C)(C)C)C(/C=C\CCCCCCCCCCCC)OC(=O)CCCCCC/C=C/C/C=C/C/C=C/CC. The molecule has 0 saturated heterocycles. The lowest BCUT2D eigenvalue weighted by atomic mass is 10.0. The van der Waals surface area contributed by atoms with E-state index in [1.807, 2.05) is 33.3 Å². The first-order valence-electron chi connectivity index (χ1n) is 31.8. The number of amides is 1. The maximum atomic E-state index is 13.5. The van der Waals surface area contributed by atoms with Crippen molar-refractivity contribution in [1.82, 2.24) is 5.32 Å². The summed E-state index contributed by atoms with van der Waals surface area (Å²) in [4.78, 5) is 40.0. The zero-order valence-electron chi connectivity index (χ0n) is 51.5. The van der Waals surface area contributed by atoms with E-state index in [4.69, 9.17) is 13.8 Å². The number of hydrogen-bond donors (Lipinski definition) is 1. The van der Waals surface area contributed by atoms with Crippen LogP contribution in [0.1, 0.15) is 252 Å². The Morgan fingerprint density at radius 2 is 0.810 bits per heavy atom. The first kappa shape index (κ1) is 75.4. The molecule has 3 unspecified atom stereocenters. The highest BCUT2D eigenvalue weighted by molar-refractivity contribution is 7.45. The maximum absolute atomic E-state index is 13.5. The molecule has 3 atom stereocenters. The van der Waals surface area contributed by atoms with Crippen molar-refractivity contribution in [3.05, 3.63) is 122 Å². The Labute approximate surface area is 486 Å². The van der Waals surface area contributed by atoms with Gasteiger partial charge in [-0.3, -0.25) is 14.2 Å². The van der Waals surface area contributed by atoms with E-state index in [0.29, 0.717) is 23.9 Å². The number of phosphoric acid groups is 1. The third-order valence-electron chi connectivity index (χ3n) is 13.4. The quantitative estimate of drug-likeness (QED) is 0.0212. The van der Waals surface area contributed by atoms with Crippen LogP contribution in [0, 0.1) is 0 Å². The molecule has 0 fully saturated rings. The van der Waals surface area contributed by atoms with Gasteiger partial charge in [0.25, 0.3) is 7.82 Å². The van der Waals surface area contributed by atoms with Gasteiger partial charge in [-0.2, -0.15) is 0 Å².